The quantitative estimate of drug-likeness (QED) is 0.639. The summed E-state index contributed by atoms with van der Waals surface area (Å²) in [6, 6.07) is 0.791. The van der Waals surface area contributed by atoms with Gasteiger partial charge in [-0.2, -0.15) is 0 Å². The highest BCUT2D eigenvalue weighted by atomic mass is 14.9. The van der Waals surface area contributed by atoms with Crippen LogP contribution in [0.15, 0.2) is 0 Å². The summed E-state index contributed by atoms with van der Waals surface area (Å²) in [6.45, 7) is 8.72. The summed E-state index contributed by atoms with van der Waals surface area (Å²) in [5.41, 5.74) is 0. The maximum atomic E-state index is 3.36. The van der Waals surface area contributed by atoms with Crippen LogP contribution in [0.3, 0.4) is 0 Å². The van der Waals surface area contributed by atoms with Crippen LogP contribution in [0.5, 0.6) is 0 Å². The van der Waals surface area contributed by atoms with E-state index >= 15 is 0 Å². The molecule has 12 heavy (non-hydrogen) atoms. The first-order valence-electron chi connectivity index (χ1n) is 5.39. The Hall–Kier alpha value is -0.0400. The minimum Gasteiger partial charge on any atom is -0.317 e. The number of rotatable bonds is 1. The Morgan fingerprint density at radius 1 is 0.917 bits per heavy atom. The number of hydrogen-bond acceptors (Lipinski definition) is 1. The first-order valence-corrected chi connectivity index (χ1v) is 5.39. The average molecular weight is 171 g/mol. The van der Waals surface area contributed by atoms with Crippen molar-refractivity contribution in [2.75, 3.05) is 7.05 Å². The van der Waals surface area contributed by atoms with Crippen LogP contribution in [0.2, 0.25) is 0 Å². The third-order valence-electron chi connectivity index (χ3n) is 2.59. The fraction of sp³-hybridized carbons (Fsp3) is 1.00. The lowest BCUT2D eigenvalue weighted by Gasteiger charge is -2.30. The molecule has 0 aromatic carbocycles. The number of hydrogen-bond donors (Lipinski definition) is 1. The molecule has 0 saturated heterocycles. The zero-order chi connectivity index (χ0) is 9.56. The molecule has 0 aromatic heterocycles. The van der Waals surface area contributed by atoms with Crippen LogP contribution in [0, 0.1) is 11.8 Å². The molecule has 2 unspecified atom stereocenters. The smallest absolute Gasteiger partial charge is 0.00691 e. The molecule has 1 nitrogen and oxygen atoms in total. The fourth-order valence-electron chi connectivity index (χ4n) is 2.18. The zero-order valence-electron chi connectivity index (χ0n) is 9.35. The summed E-state index contributed by atoms with van der Waals surface area (Å²) in [4.78, 5) is 0. The lowest BCUT2D eigenvalue weighted by atomic mass is 9.80. The van der Waals surface area contributed by atoms with Gasteiger partial charge in [0.15, 0.2) is 0 Å². The highest BCUT2D eigenvalue weighted by Crippen LogP contribution is 2.27. The van der Waals surface area contributed by atoms with Crippen LogP contribution < -0.4 is 5.32 Å². The van der Waals surface area contributed by atoms with Gasteiger partial charge >= 0.3 is 0 Å². The molecule has 1 heteroatoms. The largest absolute Gasteiger partial charge is 0.317 e. The van der Waals surface area contributed by atoms with Gasteiger partial charge in [-0.3, -0.25) is 0 Å². The third-order valence-corrected chi connectivity index (χ3v) is 2.59. The minimum absolute atomic E-state index is 0.791. The highest BCUT2D eigenvalue weighted by Gasteiger charge is 2.21. The van der Waals surface area contributed by atoms with Crippen molar-refractivity contribution in [1.82, 2.24) is 5.32 Å². The summed E-state index contributed by atoms with van der Waals surface area (Å²) in [7, 11) is 2.08. The molecule has 0 bridgehead atoms. The van der Waals surface area contributed by atoms with E-state index in [9.17, 15) is 0 Å². The van der Waals surface area contributed by atoms with E-state index in [-0.39, 0.29) is 0 Å². The fourth-order valence-corrected chi connectivity index (χ4v) is 2.18. The van der Waals surface area contributed by atoms with Crippen molar-refractivity contribution >= 4 is 0 Å². The maximum Gasteiger partial charge on any atom is 0.00691 e. The normalized spacial score (nSPS) is 35.2. The molecule has 2 atom stereocenters. The molecular weight excluding hydrogens is 146 g/mol. The highest BCUT2D eigenvalue weighted by molar-refractivity contribution is 4.78. The standard InChI is InChI=1S/C9H19N.C2H6/c1-7-4-8(2)6-9(5-7)10-3;1-2/h7-10H,4-6H2,1-3H3;1-2H3. The minimum atomic E-state index is 0.791. The average Bonchev–Trinajstić information content (AvgIpc) is 2.06. The molecule has 1 saturated carbocycles. The molecule has 0 spiro atoms. The van der Waals surface area contributed by atoms with Gasteiger partial charge < -0.3 is 5.32 Å². The Bertz CT molecular complexity index is 91.2. The molecule has 0 heterocycles. The van der Waals surface area contributed by atoms with Crippen LogP contribution in [0.1, 0.15) is 47.0 Å². The molecule has 0 aliphatic heterocycles. The topological polar surface area (TPSA) is 12.0 Å². The molecule has 1 aliphatic carbocycles. The molecule has 0 radical (unpaired) electrons. The van der Waals surface area contributed by atoms with E-state index in [1.807, 2.05) is 13.8 Å². The van der Waals surface area contributed by atoms with Gasteiger partial charge in [-0.05, 0) is 38.1 Å². The summed E-state index contributed by atoms with van der Waals surface area (Å²) in [5.74, 6) is 1.86. The van der Waals surface area contributed by atoms with Crippen molar-refractivity contribution in [3.63, 3.8) is 0 Å². The van der Waals surface area contributed by atoms with E-state index in [0.29, 0.717) is 0 Å². The molecular formula is C11H25N. The molecule has 1 rings (SSSR count). The van der Waals surface area contributed by atoms with E-state index in [1.54, 1.807) is 0 Å². The second-order valence-electron chi connectivity index (χ2n) is 3.90. The Morgan fingerprint density at radius 3 is 1.67 bits per heavy atom. The van der Waals surface area contributed by atoms with Crippen LogP contribution in [0.25, 0.3) is 0 Å². The van der Waals surface area contributed by atoms with Gasteiger partial charge in [0, 0.05) is 6.04 Å². The van der Waals surface area contributed by atoms with Crippen molar-refractivity contribution in [2.45, 2.75) is 53.0 Å². The van der Waals surface area contributed by atoms with Crippen molar-refractivity contribution in [1.29, 1.82) is 0 Å². The summed E-state index contributed by atoms with van der Waals surface area (Å²) < 4.78 is 0. The Labute approximate surface area is 77.9 Å². The van der Waals surface area contributed by atoms with E-state index in [0.717, 1.165) is 17.9 Å². The SMILES string of the molecule is CC.CNC1CC(C)CC(C)C1. The van der Waals surface area contributed by atoms with Crippen LogP contribution in [0.4, 0.5) is 0 Å². The third kappa shape index (κ3) is 4.10. The first kappa shape index (κ1) is 12.0. The van der Waals surface area contributed by atoms with Crippen molar-refractivity contribution in [3.8, 4) is 0 Å². The van der Waals surface area contributed by atoms with Gasteiger partial charge in [-0.25, -0.2) is 0 Å². The monoisotopic (exact) mass is 171 g/mol. The van der Waals surface area contributed by atoms with Crippen LogP contribution in [-0.4, -0.2) is 13.1 Å². The van der Waals surface area contributed by atoms with E-state index in [4.69, 9.17) is 0 Å². The summed E-state index contributed by atoms with van der Waals surface area (Å²) in [6.07, 6.45) is 4.18. The summed E-state index contributed by atoms with van der Waals surface area (Å²) in [5, 5.41) is 3.36. The second-order valence-corrected chi connectivity index (χ2v) is 3.90. The van der Waals surface area contributed by atoms with E-state index < -0.39 is 0 Å². The van der Waals surface area contributed by atoms with Gasteiger partial charge in [0.1, 0.15) is 0 Å². The zero-order valence-corrected chi connectivity index (χ0v) is 9.35. The second kappa shape index (κ2) is 6.47. The van der Waals surface area contributed by atoms with Crippen molar-refractivity contribution in [3.05, 3.63) is 0 Å². The van der Waals surface area contributed by atoms with Crippen LogP contribution in [-0.2, 0) is 0 Å². The number of nitrogens with one attached hydrogen (secondary N) is 1. The molecule has 0 amide bonds. The lowest BCUT2D eigenvalue weighted by molar-refractivity contribution is 0.247. The van der Waals surface area contributed by atoms with Gasteiger partial charge in [-0.1, -0.05) is 27.7 Å². The lowest BCUT2D eigenvalue weighted by Crippen LogP contribution is -2.33. The Balaban J connectivity index is 0.000000561. The Morgan fingerprint density at radius 2 is 1.33 bits per heavy atom. The molecule has 0 aromatic rings. The molecule has 1 fully saturated rings. The molecule has 1 aliphatic rings. The van der Waals surface area contributed by atoms with E-state index in [2.05, 4.69) is 26.2 Å². The molecule has 1 N–H and O–H groups in total. The van der Waals surface area contributed by atoms with Gasteiger partial charge in [-0.15, -0.1) is 0 Å². The van der Waals surface area contributed by atoms with E-state index in [1.165, 1.54) is 19.3 Å². The van der Waals surface area contributed by atoms with Gasteiger partial charge in [0.25, 0.3) is 0 Å². The maximum absolute atomic E-state index is 3.36. The van der Waals surface area contributed by atoms with Gasteiger partial charge in [0.2, 0.25) is 0 Å². The predicted molar refractivity (Wildman–Crippen MR) is 56.4 cm³/mol. The predicted octanol–water partition coefficient (Wildman–Crippen LogP) is 3.06. The first-order chi connectivity index (χ1) is 5.72. The Kier molecular flexibility index (Phi) is 6.45. The summed E-state index contributed by atoms with van der Waals surface area (Å²) >= 11 is 0. The van der Waals surface area contributed by atoms with Crippen LogP contribution >= 0.6 is 0 Å². The molecule has 74 valence electrons. The van der Waals surface area contributed by atoms with Gasteiger partial charge in [0.05, 0.1) is 0 Å². The van der Waals surface area contributed by atoms with Crippen molar-refractivity contribution < 1.29 is 0 Å². The van der Waals surface area contributed by atoms with Crippen molar-refractivity contribution in [2.24, 2.45) is 11.8 Å².